The van der Waals surface area contributed by atoms with Crippen molar-refractivity contribution in [2.24, 2.45) is 5.92 Å². The fraction of sp³-hybridized carbons (Fsp3) is 0.429. The summed E-state index contributed by atoms with van der Waals surface area (Å²) in [7, 11) is 2.04. The van der Waals surface area contributed by atoms with E-state index >= 15 is 0 Å². The van der Waals surface area contributed by atoms with E-state index in [1.54, 1.807) is 18.5 Å². The van der Waals surface area contributed by atoms with Gasteiger partial charge in [-0.2, -0.15) is 0 Å². The van der Waals surface area contributed by atoms with Crippen molar-refractivity contribution in [1.29, 1.82) is 0 Å². The Kier molecular flexibility index (Phi) is 5.07. The molecule has 2 aliphatic heterocycles. The lowest BCUT2D eigenvalue weighted by Gasteiger charge is -2.29. The van der Waals surface area contributed by atoms with Crippen molar-refractivity contribution >= 4 is 5.91 Å². The predicted molar refractivity (Wildman–Crippen MR) is 101 cm³/mol. The zero-order valence-electron chi connectivity index (χ0n) is 15.5. The molecule has 142 valence electrons. The molecule has 0 saturated carbocycles. The van der Waals surface area contributed by atoms with Gasteiger partial charge in [0.1, 0.15) is 17.7 Å². The molecule has 4 rings (SSSR count). The lowest BCUT2D eigenvalue weighted by Crippen LogP contribution is -2.44. The minimum Gasteiger partial charge on any atom is -0.487 e. The van der Waals surface area contributed by atoms with Crippen LogP contribution in [0.2, 0.25) is 0 Å². The van der Waals surface area contributed by atoms with Gasteiger partial charge in [0, 0.05) is 36.5 Å². The van der Waals surface area contributed by atoms with E-state index in [1.165, 1.54) is 6.07 Å². The molecule has 6 heteroatoms. The van der Waals surface area contributed by atoms with E-state index < -0.39 is 0 Å². The van der Waals surface area contributed by atoms with Crippen LogP contribution in [0.3, 0.4) is 0 Å². The van der Waals surface area contributed by atoms with Crippen LogP contribution in [0.1, 0.15) is 18.4 Å². The summed E-state index contributed by atoms with van der Waals surface area (Å²) in [6.07, 6.45) is 5.59. The summed E-state index contributed by atoms with van der Waals surface area (Å²) in [5.74, 6) is 0.413. The first-order valence-corrected chi connectivity index (χ1v) is 9.46. The van der Waals surface area contributed by atoms with Crippen molar-refractivity contribution in [3.8, 4) is 16.9 Å². The molecule has 0 bridgehead atoms. The van der Waals surface area contributed by atoms with E-state index in [1.807, 2.05) is 19.2 Å². The van der Waals surface area contributed by atoms with Crippen LogP contribution in [-0.2, 0) is 11.2 Å². The maximum absolute atomic E-state index is 14.3. The molecule has 2 aromatic rings. The molecule has 0 radical (unpaired) electrons. The molecule has 2 aliphatic rings. The van der Waals surface area contributed by atoms with Gasteiger partial charge in [-0.05, 0) is 56.3 Å². The van der Waals surface area contributed by atoms with Crippen LogP contribution in [-0.4, -0.2) is 48.6 Å². The Labute approximate surface area is 158 Å². The molecule has 1 amide bonds. The Hall–Kier alpha value is -2.47. The smallest absolute Gasteiger partial charge is 0.224 e. The largest absolute Gasteiger partial charge is 0.487 e. The van der Waals surface area contributed by atoms with Crippen molar-refractivity contribution in [3.05, 3.63) is 48.0 Å². The molecule has 1 aromatic heterocycles. The van der Waals surface area contributed by atoms with Crippen LogP contribution < -0.4 is 10.1 Å². The molecule has 2 atom stereocenters. The molecule has 1 aromatic carbocycles. The zero-order valence-corrected chi connectivity index (χ0v) is 15.5. The number of pyridine rings is 1. The summed E-state index contributed by atoms with van der Waals surface area (Å²) >= 11 is 0. The van der Waals surface area contributed by atoms with Gasteiger partial charge in [-0.25, -0.2) is 4.39 Å². The summed E-state index contributed by atoms with van der Waals surface area (Å²) in [5, 5.41) is 3.01. The molecule has 2 unspecified atom stereocenters. The Balaban J connectivity index is 1.43. The molecule has 3 heterocycles. The molecular formula is C21H24FN3O2. The second-order valence-electron chi connectivity index (χ2n) is 7.43. The van der Waals surface area contributed by atoms with E-state index in [-0.39, 0.29) is 23.7 Å². The zero-order chi connectivity index (χ0) is 18.8. The number of fused-ring (bicyclic) bond motifs is 1. The third-order valence-corrected chi connectivity index (χ3v) is 5.41. The third-order valence-electron chi connectivity index (χ3n) is 5.41. The number of aromatic nitrogens is 1. The Morgan fingerprint density at radius 2 is 2.15 bits per heavy atom. The molecule has 1 fully saturated rings. The van der Waals surface area contributed by atoms with Gasteiger partial charge in [0.15, 0.2) is 0 Å². The molecule has 0 aliphatic carbocycles. The number of halogens is 1. The quantitative estimate of drug-likeness (QED) is 0.900. The van der Waals surface area contributed by atoms with Crippen molar-refractivity contribution < 1.29 is 13.9 Å². The maximum atomic E-state index is 14.3. The van der Waals surface area contributed by atoms with Gasteiger partial charge in [0.25, 0.3) is 0 Å². The van der Waals surface area contributed by atoms with Crippen molar-refractivity contribution in [3.63, 3.8) is 0 Å². The number of carbonyl (C=O) groups is 1. The fourth-order valence-corrected chi connectivity index (χ4v) is 3.98. The number of ether oxygens (including phenoxy) is 1. The second-order valence-corrected chi connectivity index (χ2v) is 7.43. The van der Waals surface area contributed by atoms with E-state index in [9.17, 15) is 9.18 Å². The number of nitrogens with one attached hydrogen (secondary N) is 1. The van der Waals surface area contributed by atoms with Crippen molar-refractivity contribution in [2.75, 3.05) is 26.7 Å². The Morgan fingerprint density at radius 3 is 2.93 bits per heavy atom. The number of carbonyl (C=O) groups excluding carboxylic acids is 1. The molecule has 27 heavy (non-hydrogen) atoms. The van der Waals surface area contributed by atoms with Gasteiger partial charge in [0.2, 0.25) is 5.91 Å². The lowest BCUT2D eigenvalue weighted by atomic mass is 9.97. The first kappa shape index (κ1) is 17.9. The average Bonchev–Trinajstić information content (AvgIpc) is 3.12. The third kappa shape index (κ3) is 3.81. The molecule has 5 nitrogen and oxygen atoms in total. The van der Waals surface area contributed by atoms with Gasteiger partial charge in [-0.3, -0.25) is 9.78 Å². The number of amides is 1. The summed E-state index contributed by atoms with van der Waals surface area (Å²) in [6, 6.07) is 6.98. The van der Waals surface area contributed by atoms with Gasteiger partial charge in [-0.1, -0.05) is 0 Å². The summed E-state index contributed by atoms with van der Waals surface area (Å²) in [4.78, 5) is 18.7. The highest BCUT2D eigenvalue weighted by Gasteiger charge is 2.30. The van der Waals surface area contributed by atoms with E-state index in [0.29, 0.717) is 24.3 Å². The average molecular weight is 369 g/mol. The number of rotatable bonds is 4. The number of hydrogen-bond donors (Lipinski definition) is 1. The monoisotopic (exact) mass is 369 g/mol. The standard InChI is InChI=1S/C21H24FN3O2/c1-25-10-2-3-15(13-25)21(26)24-12-16-11-18-19(22)5-4-17(20(18)27-16)14-6-8-23-9-7-14/h4-9,15-16H,2-3,10-13H2,1H3,(H,24,26). The Bertz CT molecular complexity index is 828. The highest BCUT2D eigenvalue weighted by Crippen LogP contribution is 2.40. The van der Waals surface area contributed by atoms with Gasteiger partial charge < -0.3 is 15.0 Å². The normalized spacial score (nSPS) is 22.1. The number of nitrogens with zero attached hydrogens (tertiary/aromatic N) is 2. The first-order chi connectivity index (χ1) is 13.1. The predicted octanol–water partition coefficient (Wildman–Crippen LogP) is 2.65. The Morgan fingerprint density at radius 1 is 1.33 bits per heavy atom. The van der Waals surface area contributed by atoms with Crippen LogP contribution in [0.4, 0.5) is 4.39 Å². The van der Waals surface area contributed by atoms with Crippen LogP contribution in [0.5, 0.6) is 5.75 Å². The molecule has 1 N–H and O–H groups in total. The number of piperidine rings is 1. The number of hydrogen-bond acceptors (Lipinski definition) is 4. The van der Waals surface area contributed by atoms with Gasteiger partial charge in [-0.15, -0.1) is 0 Å². The lowest BCUT2D eigenvalue weighted by molar-refractivity contribution is -0.126. The van der Waals surface area contributed by atoms with Crippen LogP contribution >= 0.6 is 0 Å². The summed E-state index contributed by atoms with van der Waals surface area (Å²) < 4.78 is 20.4. The first-order valence-electron chi connectivity index (χ1n) is 9.46. The van der Waals surface area contributed by atoms with Crippen molar-refractivity contribution in [1.82, 2.24) is 15.2 Å². The van der Waals surface area contributed by atoms with Gasteiger partial charge in [0.05, 0.1) is 12.5 Å². The number of benzene rings is 1. The summed E-state index contributed by atoms with van der Waals surface area (Å²) in [5.41, 5.74) is 2.38. The van der Waals surface area contributed by atoms with Crippen LogP contribution in [0, 0.1) is 11.7 Å². The summed E-state index contributed by atoms with van der Waals surface area (Å²) in [6.45, 7) is 2.23. The maximum Gasteiger partial charge on any atom is 0.224 e. The van der Waals surface area contributed by atoms with Crippen LogP contribution in [0.25, 0.3) is 11.1 Å². The van der Waals surface area contributed by atoms with E-state index in [0.717, 1.165) is 37.1 Å². The van der Waals surface area contributed by atoms with Crippen molar-refractivity contribution in [2.45, 2.75) is 25.4 Å². The second kappa shape index (κ2) is 7.64. The minimum absolute atomic E-state index is 0.0247. The molecule has 1 saturated heterocycles. The van der Waals surface area contributed by atoms with Crippen LogP contribution in [0.15, 0.2) is 36.7 Å². The SMILES string of the molecule is CN1CCCC(C(=O)NCC2Cc3c(F)ccc(-c4ccncc4)c3O2)C1. The van der Waals surface area contributed by atoms with E-state index in [4.69, 9.17) is 4.74 Å². The highest BCUT2D eigenvalue weighted by atomic mass is 19.1. The molecular weight excluding hydrogens is 345 g/mol. The van der Waals surface area contributed by atoms with Gasteiger partial charge >= 0.3 is 0 Å². The number of likely N-dealkylation sites (tertiary alicyclic amines) is 1. The fourth-order valence-electron chi connectivity index (χ4n) is 3.98. The topological polar surface area (TPSA) is 54.5 Å². The minimum atomic E-state index is -0.259. The molecule has 0 spiro atoms. The van der Waals surface area contributed by atoms with E-state index in [2.05, 4.69) is 15.2 Å². The highest BCUT2D eigenvalue weighted by molar-refractivity contribution is 5.79.